The number of rotatable bonds is 2. The Kier molecular flexibility index (Phi) is 2.71. The Morgan fingerprint density at radius 1 is 1.59 bits per heavy atom. The van der Waals surface area contributed by atoms with E-state index in [2.05, 4.69) is 4.98 Å². The van der Waals surface area contributed by atoms with E-state index in [9.17, 15) is 4.79 Å². The largest absolute Gasteiger partial charge is 0.478 e. The fourth-order valence-electron chi connectivity index (χ4n) is 1.59. The molecule has 2 heterocycles. The standard InChI is InChI=1S/C11H12ClN3O2/c1-5(2)8-4-15-9(13)7(12)3-6(11(16)17)10(15)14-8/h3-5H,13H2,1-2H3,(H,16,17). The molecule has 0 aliphatic carbocycles. The quantitative estimate of drug-likeness (QED) is 0.861. The fraction of sp³-hybridized carbons (Fsp3) is 0.273. The van der Waals surface area contributed by atoms with Gasteiger partial charge in [-0.3, -0.25) is 4.40 Å². The summed E-state index contributed by atoms with van der Waals surface area (Å²) in [5.41, 5.74) is 6.95. The molecule has 2 rings (SSSR count). The lowest BCUT2D eigenvalue weighted by atomic mass is 10.2. The summed E-state index contributed by atoms with van der Waals surface area (Å²) in [5.74, 6) is -0.585. The molecule has 0 aliphatic heterocycles. The van der Waals surface area contributed by atoms with Crippen molar-refractivity contribution in [3.05, 3.63) is 28.5 Å². The first-order valence-electron chi connectivity index (χ1n) is 5.12. The zero-order valence-corrected chi connectivity index (χ0v) is 10.2. The smallest absolute Gasteiger partial charge is 0.339 e. The van der Waals surface area contributed by atoms with Gasteiger partial charge in [0.05, 0.1) is 10.7 Å². The first-order chi connectivity index (χ1) is 7.91. The second-order valence-corrected chi connectivity index (χ2v) is 4.52. The van der Waals surface area contributed by atoms with Crippen molar-refractivity contribution in [1.82, 2.24) is 9.38 Å². The minimum Gasteiger partial charge on any atom is -0.478 e. The van der Waals surface area contributed by atoms with Gasteiger partial charge in [-0.2, -0.15) is 0 Å². The van der Waals surface area contributed by atoms with E-state index in [0.29, 0.717) is 11.5 Å². The molecule has 2 aromatic heterocycles. The molecular weight excluding hydrogens is 242 g/mol. The normalized spacial score (nSPS) is 11.3. The van der Waals surface area contributed by atoms with Crippen LogP contribution in [0.25, 0.3) is 5.65 Å². The van der Waals surface area contributed by atoms with Crippen LogP contribution < -0.4 is 5.73 Å². The zero-order chi connectivity index (χ0) is 12.7. The Morgan fingerprint density at radius 2 is 2.24 bits per heavy atom. The molecule has 2 aromatic rings. The van der Waals surface area contributed by atoms with E-state index >= 15 is 0 Å². The van der Waals surface area contributed by atoms with Gasteiger partial charge in [0.25, 0.3) is 0 Å². The van der Waals surface area contributed by atoms with Crippen molar-refractivity contribution < 1.29 is 9.90 Å². The maximum absolute atomic E-state index is 11.1. The Morgan fingerprint density at radius 3 is 2.76 bits per heavy atom. The number of nitrogens with two attached hydrogens (primary N) is 1. The molecule has 6 heteroatoms. The summed E-state index contributed by atoms with van der Waals surface area (Å²) < 4.78 is 1.52. The molecule has 0 aliphatic rings. The number of pyridine rings is 1. The zero-order valence-electron chi connectivity index (χ0n) is 9.44. The number of carbonyl (C=O) groups is 1. The first-order valence-corrected chi connectivity index (χ1v) is 5.50. The molecule has 0 radical (unpaired) electrons. The van der Waals surface area contributed by atoms with Crippen LogP contribution in [0.1, 0.15) is 35.8 Å². The summed E-state index contributed by atoms with van der Waals surface area (Å²) in [6, 6.07) is 1.33. The number of fused-ring (bicyclic) bond motifs is 1. The first kappa shape index (κ1) is 11.7. The third-order valence-electron chi connectivity index (χ3n) is 2.56. The highest BCUT2D eigenvalue weighted by atomic mass is 35.5. The summed E-state index contributed by atoms with van der Waals surface area (Å²) in [6.07, 6.45) is 1.72. The van der Waals surface area contributed by atoms with Crippen LogP contribution in [0.5, 0.6) is 0 Å². The second kappa shape index (κ2) is 3.92. The third-order valence-corrected chi connectivity index (χ3v) is 2.87. The lowest BCUT2D eigenvalue weighted by molar-refractivity contribution is 0.0698. The highest BCUT2D eigenvalue weighted by Crippen LogP contribution is 2.26. The van der Waals surface area contributed by atoms with Crippen LogP contribution in [0.4, 0.5) is 5.82 Å². The summed E-state index contributed by atoms with van der Waals surface area (Å²) in [7, 11) is 0. The Labute approximate surface area is 103 Å². The van der Waals surface area contributed by atoms with Gasteiger partial charge in [0.1, 0.15) is 11.4 Å². The van der Waals surface area contributed by atoms with Crippen molar-refractivity contribution in [2.24, 2.45) is 0 Å². The third kappa shape index (κ3) is 1.82. The summed E-state index contributed by atoms with van der Waals surface area (Å²) in [4.78, 5) is 15.4. The van der Waals surface area contributed by atoms with Gasteiger partial charge in [-0.25, -0.2) is 9.78 Å². The minimum absolute atomic E-state index is 0.0519. The fourth-order valence-corrected chi connectivity index (χ4v) is 1.79. The van der Waals surface area contributed by atoms with Crippen molar-refractivity contribution in [2.45, 2.75) is 19.8 Å². The Bertz CT molecular complexity index is 604. The monoisotopic (exact) mass is 253 g/mol. The average Bonchev–Trinajstić information content (AvgIpc) is 2.67. The predicted molar refractivity (Wildman–Crippen MR) is 65.7 cm³/mol. The lowest BCUT2D eigenvalue weighted by Crippen LogP contribution is -2.04. The van der Waals surface area contributed by atoms with Gasteiger partial charge >= 0.3 is 5.97 Å². The molecule has 0 unspecified atom stereocenters. The van der Waals surface area contributed by atoms with Crippen molar-refractivity contribution in [3.8, 4) is 0 Å². The molecule has 3 N–H and O–H groups in total. The molecule has 17 heavy (non-hydrogen) atoms. The Balaban J connectivity index is 2.84. The number of aromatic carboxylic acids is 1. The second-order valence-electron chi connectivity index (χ2n) is 4.11. The molecule has 90 valence electrons. The van der Waals surface area contributed by atoms with E-state index < -0.39 is 5.97 Å². The van der Waals surface area contributed by atoms with Crippen molar-refractivity contribution >= 4 is 29.0 Å². The van der Waals surface area contributed by atoms with Crippen molar-refractivity contribution in [3.63, 3.8) is 0 Å². The number of anilines is 1. The molecule has 0 fully saturated rings. The molecule has 0 spiro atoms. The van der Waals surface area contributed by atoms with E-state index in [1.807, 2.05) is 13.8 Å². The van der Waals surface area contributed by atoms with Crippen LogP contribution in [-0.4, -0.2) is 20.5 Å². The van der Waals surface area contributed by atoms with Crippen LogP contribution in [0.2, 0.25) is 5.02 Å². The van der Waals surface area contributed by atoms with Gasteiger partial charge < -0.3 is 10.8 Å². The molecule has 0 saturated carbocycles. The lowest BCUT2D eigenvalue weighted by Gasteiger charge is -2.04. The van der Waals surface area contributed by atoms with E-state index in [1.54, 1.807) is 6.20 Å². The van der Waals surface area contributed by atoms with E-state index in [1.165, 1.54) is 10.5 Å². The number of carboxylic acid groups (broad SMARTS) is 1. The maximum Gasteiger partial charge on any atom is 0.339 e. The van der Waals surface area contributed by atoms with Crippen molar-refractivity contribution in [2.75, 3.05) is 5.73 Å². The van der Waals surface area contributed by atoms with Crippen LogP contribution in [0.15, 0.2) is 12.3 Å². The van der Waals surface area contributed by atoms with Crippen molar-refractivity contribution in [1.29, 1.82) is 0 Å². The molecule has 0 aromatic carbocycles. The highest BCUT2D eigenvalue weighted by Gasteiger charge is 2.17. The van der Waals surface area contributed by atoms with Crippen LogP contribution in [0, 0.1) is 0 Å². The molecule has 0 amide bonds. The number of nitrogens with zero attached hydrogens (tertiary/aromatic N) is 2. The molecule has 0 atom stereocenters. The van der Waals surface area contributed by atoms with Gasteiger partial charge in [-0.1, -0.05) is 25.4 Å². The van der Waals surface area contributed by atoms with Crippen LogP contribution in [0.3, 0.4) is 0 Å². The van der Waals surface area contributed by atoms with Gasteiger partial charge in [0, 0.05) is 6.20 Å². The number of aromatic nitrogens is 2. The number of carboxylic acids is 1. The molecule has 0 saturated heterocycles. The SMILES string of the molecule is CC(C)c1cn2c(N)c(Cl)cc(C(=O)O)c2n1. The summed E-state index contributed by atoms with van der Waals surface area (Å²) >= 11 is 5.89. The molecule has 0 bridgehead atoms. The van der Waals surface area contributed by atoms with E-state index in [0.717, 1.165) is 5.69 Å². The van der Waals surface area contributed by atoms with Gasteiger partial charge in [0.2, 0.25) is 0 Å². The van der Waals surface area contributed by atoms with Gasteiger partial charge in [-0.05, 0) is 12.0 Å². The summed E-state index contributed by atoms with van der Waals surface area (Å²) in [6.45, 7) is 3.94. The number of halogens is 1. The maximum atomic E-state index is 11.1. The molecule has 5 nitrogen and oxygen atoms in total. The highest BCUT2D eigenvalue weighted by molar-refractivity contribution is 6.33. The van der Waals surface area contributed by atoms with Crippen LogP contribution >= 0.6 is 11.6 Å². The number of hydrogen-bond donors (Lipinski definition) is 2. The van der Waals surface area contributed by atoms with Gasteiger partial charge in [-0.15, -0.1) is 0 Å². The number of nitrogen functional groups attached to an aromatic ring is 1. The Hall–Kier alpha value is -1.75. The molecular formula is C11H12ClN3O2. The summed E-state index contributed by atoms with van der Waals surface area (Å²) in [5, 5.41) is 9.30. The topological polar surface area (TPSA) is 80.6 Å². The van der Waals surface area contributed by atoms with E-state index in [-0.39, 0.29) is 16.5 Å². The van der Waals surface area contributed by atoms with E-state index in [4.69, 9.17) is 22.4 Å². The minimum atomic E-state index is -1.07. The number of imidazole rings is 1. The number of hydrogen-bond acceptors (Lipinski definition) is 3. The van der Waals surface area contributed by atoms with Gasteiger partial charge in [0.15, 0.2) is 5.65 Å². The predicted octanol–water partition coefficient (Wildman–Crippen LogP) is 2.39. The van der Waals surface area contributed by atoms with Crippen LogP contribution in [-0.2, 0) is 0 Å². The average molecular weight is 254 g/mol.